The summed E-state index contributed by atoms with van der Waals surface area (Å²) >= 11 is 0. The standard InChI is InChI=1S/C13H13FN4O3/c14-12-8-10(18(20)21)2-3-11(12)13(19)16-4-1-6-17-7-5-15-9-17/h2-3,5,7-9H,1,4,6H2,(H,16,19). The Morgan fingerprint density at radius 1 is 1.48 bits per heavy atom. The highest BCUT2D eigenvalue weighted by molar-refractivity contribution is 5.94. The number of hydrogen-bond acceptors (Lipinski definition) is 4. The zero-order chi connectivity index (χ0) is 15.2. The van der Waals surface area contributed by atoms with Crippen molar-refractivity contribution in [1.82, 2.24) is 14.9 Å². The highest BCUT2D eigenvalue weighted by atomic mass is 19.1. The summed E-state index contributed by atoms with van der Waals surface area (Å²) in [7, 11) is 0. The van der Waals surface area contributed by atoms with E-state index in [2.05, 4.69) is 10.3 Å². The fourth-order valence-electron chi connectivity index (χ4n) is 1.78. The number of halogens is 1. The largest absolute Gasteiger partial charge is 0.352 e. The van der Waals surface area contributed by atoms with Gasteiger partial charge in [0.25, 0.3) is 11.6 Å². The summed E-state index contributed by atoms with van der Waals surface area (Å²) in [5.74, 6) is -1.50. The number of amides is 1. The first-order chi connectivity index (χ1) is 10.1. The van der Waals surface area contributed by atoms with Crippen LogP contribution in [0.1, 0.15) is 16.8 Å². The minimum atomic E-state index is -0.906. The number of carbonyl (C=O) groups is 1. The minimum Gasteiger partial charge on any atom is -0.352 e. The van der Waals surface area contributed by atoms with Crippen LogP contribution in [0, 0.1) is 15.9 Å². The monoisotopic (exact) mass is 292 g/mol. The van der Waals surface area contributed by atoms with Crippen LogP contribution in [0.3, 0.4) is 0 Å². The summed E-state index contributed by atoms with van der Waals surface area (Å²) < 4.78 is 15.5. The molecule has 0 radical (unpaired) electrons. The lowest BCUT2D eigenvalue weighted by atomic mass is 10.2. The number of nitro groups is 1. The minimum absolute atomic E-state index is 0.205. The first-order valence-electron chi connectivity index (χ1n) is 6.26. The Kier molecular flexibility index (Phi) is 4.60. The van der Waals surface area contributed by atoms with Gasteiger partial charge in [-0.05, 0) is 12.5 Å². The van der Waals surface area contributed by atoms with Crippen molar-refractivity contribution in [3.05, 3.63) is 58.4 Å². The number of nitro benzene ring substituents is 1. The molecule has 0 bridgehead atoms. The second-order valence-corrected chi connectivity index (χ2v) is 4.33. The molecule has 0 saturated heterocycles. The van der Waals surface area contributed by atoms with E-state index in [-0.39, 0.29) is 11.3 Å². The van der Waals surface area contributed by atoms with E-state index in [4.69, 9.17) is 0 Å². The van der Waals surface area contributed by atoms with Crippen LogP contribution in [0.15, 0.2) is 36.9 Å². The number of carbonyl (C=O) groups excluding carboxylic acids is 1. The van der Waals surface area contributed by atoms with Crippen molar-refractivity contribution in [3.63, 3.8) is 0 Å². The van der Waals surface area contributed by atoms with E-state index in [1.807, 2.05) is 4.57 Å². The lowest BCUT2D eigenvalue weighted by Gasteiger charge is -2.06. The number of aromatic nitrogens is 2. The Bertz CT molecular complexity index is 643. The maximum atomic E-state index is 13.6. The van der Waals surface area contributed by atoms with Gasteiger partial charge >= 0.3 is 0 Å². The van der Waals surface area contributed by atoms with Crippen LogP contribution < -0.4 is 5.32 Å². The highest BCUT2D eigenvalue weighted by Gasteiger charge is 2.15. The summed E-state index contributed by atoms with van der Waals surface area (Å²) in [5.41, 5.74) is -0.590. The van der Waals surface area contributed by atoms with Gasteiger partial charge in [0.2, 0.25) is 0 Å². The number of aryl methyl sites for hydroxylation is 1. The second-order valence-electron chi connectivity index (χ2n) is 4.33. The molecule has 1 N–H and O–H groups in total. The zero-order valence-electron chi connectivity index (χ0n) is 11.0. The molecule has 0 atom stereocenters. The Balaban J connectivity index is 1.87. The van der Waals surface area contributed by atoms with E-state index in [1.165, 1.54) is 0 Å². The number of imidazole rings is 1. The van der Waals surface area contributed by atoms with E-state index < -0.39 is 16.6 Å². The molecule has 1 heterocycles. The van der Waals surface area contributed by atoms with E-state index in [0.29, 0.717) is 19.5 Å². The summed E-state index contributed by atoms with van der Waals surface area (Å²) in [5, 5.41) is 13.1. The molecule has 2 aromatic rings. The van der Waals surface area contributed by atoms with Crippen molar-refractivity contribution in [3.8, 4) is 0 Å². The van der Waals surface area contributed by atoms with Gasteiger partial charge in [-0.25, -0.2) is 9.37 Å². The Hall–Kier alpha value is -2.77. The average Bonchev–Trinajstić information content (AvgIpc) is 2.96. The smallest absolute Gasteiger partial charge is 0.272 e. The van der Waals surface area contributed by atoms with Gasteiger partial charge in [0.15, 0.2) is 0 Å². The van der Waals surface area contributed by atoms with E-state index in [0.717, 1.165) is 18.2 Å². The van der Waals surface area contributed by atoms with Crippen molar-refractivity contribution in [2.45, 2.75) is 13.0 Å². The number of rotatable bonds is 6. The van der Waals surface area contributed by atoms with Crippen molar-refractivity contribution in [1.29, 1.82) is 0 Å². The molecule has 2 rings (SSSR count). The van der Waals surface area contributed by atoms with Crippen molar-refractivity contribution >= 4 is 11.6 Å². The number of benzene rings is 1. The SMILES string of the molecule is O=C(NCCCn1ccnc1)c1ccc([N+](=O)[O-])cc1F. The average molecular weight is 292 g/mol. The van der Waals surface area contributed by atoms with Gasteiger partial charge < -0.3 is 9.88 Å². The highest BCUT2D eigenvalue weighted by Crippen LogP contribution is 2.16. The van der Waals surface area contributed by atoms with Crippen LogP contribution in [-0.2, 0) is 6.54 Å². The lowest BCUT2D eigenvalue weighted by molar-refractivity contribution is -0.385. The third-order valence-electron chi connectivity index (χ3n) is 2.85. The first-order valence-corrected chi connectivity index (χ1v) is 6.26. The molecule has 1 aromatic carbocycles. The maximum absolute atomic E-state index is 13.6. The molecule has 21 heavy (non-hydrogen) atoms. The Labute approximate surface area is 119 Å². The molecule has 0 aliphatic carbocycles. The van der Waals surface area contributed by atoms with Crippen LogP contribution in [0.25, 0.3) is 0 Å². The molecule has 7 nitrogen and oxygen atoms in total. The van der Waals surface area contributed by atoms with Crippen LogP contribution in [-0.4, -0.2) is 26.9 Å². The molecule has 0 aliphatic rings. The number of nitrogens with one attached hydrogen (secondary N) is 1. The van der Waals surface area contributed by atoms with Gasteiger partial charge in [0.05, 0.1) is 22.9 Å². The first kappa shape index (κ1) is 14.6. The fraction of sp³-hybridized carbons (Fsp3) is 0.231. The summed E-state index contributed by atoms with van der Waals surface area (Å²) in [6.45, 7) is 1.05. The van der Waals surface area contributed by atoms with Gasteiger partial charge in [-0.2, -0.15) is 0 Å². The van der Waals surface area contributed by atoms with Crippen LogP contribution in [0.5, 0.6) is 0 Å². The van der Waals surface area contributed by atoms with Crippen molar-refractivity contribution < 1.29 is 14.1 Å². The van der Waals surface area contributed by atoms with E-state index >= 15 is 0 Å². The quantitative estimate of drug-likeness (QED) is 0.499. The normalized spacial score (nSPS) is 10.3. The molecule has 110 valence electrons. The van der Waals surface area contributed by atoms with Crippen molar-refractivity contribution in [2.75, 3.05) is 6.54 Å². The predicted octanol–water partition coefficient (Wildman–Crippen LogP) is 1.75. The van der Waals surface area contributed by atoms with Crippen LogP contribution in [0.4, 0.5) is 10.1 Å². The van der Waals surface area contributed by atoms with Crippen LogP contribution >= 0.6 is 0 Å². The summed E-state index contributed by atoms with van der Waals surface area (Å²) in [6.07, 6.45) is 5.79. The molecule has 0 saturated carbocycles. The Morgan fingerprint density at radius 3 is 2.90 bits per heavy atom. The number of nitrogens with zero attached hydrogens (tertiary/aromatic N) is 3. The number of non-ortho nitro benzene ring substituents is 1. The lowest BCUT2D eigenvalue weighted by Crippen LogP contribution is -2.26. The third kappa shape index (κ3) is 3.85. The zero-order valence-corrected chi connectivity index (χ0v) is 11.0. The van der Waals surface area contributed by atoms with Crippen molar-refractivity contribution in [2.24, 2.45) is 0 Å². The molecule has 0 unspecified atom stereocenters. The molecular formula is C13H13FN4O3. The molecule has 1 aromatic heterocycles. The topological polar surface area (TPSA) is 90.1 Å². The van der Waals surface area contributed by atoms with E-state index in [9.17, 15) is 19.3 Å². The molecule has 0 fully saturated rings. The molecule has 0 spiro atoms. The van der Waals surface area contributed by atoms with Gasteiger partial charge in [-0.1, -0.05) is 0 Å². The summed E-state index contributed by atoms with van der Waals surface area (Å²) in [4.78, 5) is 25.4. The Morgan fingerprint density at radius 2 is 2.29 bits per heavy atom. The molecule has 0 aliphatic heterocycles. The van der Waals surface area contributed by atoms with Gasteiger partial charge in [-0.15, -0.1) is 0 Å². The molecule has 8 heteroatoms. The van der Waals surface area contributed by atoms with E-state index in [1.54, 1.807) is 18.7 Å². The second kappa shape index (κ2) is 6.60. The maximum Gasteiger partial charge on any atom is 0.272 e. The molecule has 1 amide bonds. The summed E-state index contributed by atoms with van der Waals surface area (Å²) in [6, 6.07) is 2.95. The molecular weight excluding hydrogens is 279 g/mol. The third-order valence-corrected chi connectivity index (χ3v) is 2.85. The van der Waals surface area contributed by atoms with Crippen LogP contribution in [0.2, 0.25) is 0 Å². The van der Waals surface area contributed by atoms with Gasteiger partial charge in [-0.3, -0.25) is 14.9 Å². The number of hydrogen-bond donors (Lipinski definition) is 1. The fourth-order valence-corrected chi connectivity index (χ4v) is 1.78. The predicted molar refractivity (Wildman–Crippen MR) is 72.2 cm³/mol. The van der Waals surface area contributed by atoms with Gasteiger partial charge in [0, 0.05) is 31.5 Å². The van der Waals surface area contributed by atoms with Gasteiger partial charge in [0.1, 0.15) is 5.82 Å².